The number of allylic oxidation sites excluding steroid dienone is 3. The van der Waals surface area contributed by atoms with Gasteiger partial charge in [-0.15, -0.1) is 0 Å². The number of hydrogen-bond acceptors (Lipinski definition) is 2. The molecule has 2 fully saturated rings. The van der Waals surface area contributed by atoms with Gasteiger partial charge in [-0.3, -0.25) is 4.79 Å². The van der Waals surface area contributed by atoms with E-state index >= 15 is 0 Å². The van der Waals surface area contributed by atoms with Crippen LogP contribution in [-0.4, -0.2) is 17.1 Å². The number of aliphatic hydroxyl groups is 1. The lowest BCUT2D eigenvalue weighted by Gasteiger charge is -2.29. The quantitative estimate of drug-likeness (QED) is 0.287. The fraction of sp³-hybridized carbons (Fsp3) is 0.560. The van der Waals surface area contributed by atoms with Crippen LogP contribution in [0.15, 0.2) is 47.2 Å². The van der Waals surface area contributed by atoms with E-state index in [2.05, 4.69) is 0 Å². The molecule has 1 N–H and O–H groups in total. The number of aliphatic hydroxyl groups excluding tert-OH is 1. The molecule has 5 heteroatoms. The molecule has 1 aromatic rings. The number of carbonyl (C=O) groups excluding carboxylic acids is 1. The average Bonchev–Trinajstić information content (AvgIpc) is 3.57. The van der Waals surface area contributed by atoms with Crippen molar-refractivity contribution in [1.82, 2.24) is 0 Å². The maximum atomic E-state index is 13.6. The van der Waals surface area contributed by atoms with E-state index in [1.54, 1.807) is 19.1 Å². The predicted octanol–water partition coefficient (Wildman–Crippen LogP) is 7.21. The summed E-state index contributed by atoms with van der Waals surface area (Å²) in [5.41, 5.74) is 0.317. The lowest BCUT2D eigenvalue weighted by atomic mass is 9.77. The highest BCUT2D eigenvalue weighted by Gasteiger charge is 2.38. The van der Waals surface area contributed by atoms with Gasteiger partial charge in [0.05, 0.1) is 11.1 Å². The van der Waals surface area contributed by atoms with Gasteiger partial charge >= 0.3 is 6.18 Å². The molecule has 30 heavy (non-hydrogen) atoms. The first-order chi connectivity index (χ1) is 14.2. The topological polar surface area (TPSA) is 37.3 Å². The molecule has 164 valence electrons. The van der Waals surface area contributed by atoms with Gasteiger partial charge in [-0.2, -0.15) is 13.2 Å². The van der Waals surface area contributed by atoms with Crippen molar-refractivity contribution in [2.24, 2.45) is 11.8 Å². The molecule has 0 spiro atoms. The summed E-state index contributed by atoms with van der Waals surface area (Å²) in [4.78, 5) is 11.9. The minimum atomic E-state index is -4.72. The van der Waals surface area contributed by atoms with E-state index in [-0.39, 0.29) is 12.0 Å². The third-order valence-electron chi connectivity index (χ3n) is 6.69. The second-order valence-corrected chi connectivity index (χ2v) is 8.67. The second-order valence-electron chi connectivity index (χ2n) is 8.67. The van der Waals surface area contributed by atoms with Crippen LogP contribution in [0.1, 0.15) is 75.8 Å². The third kappa shape index (κ3) is 5.35. The highest BCUT2D eigenvalue weighted by Crippen LogP contribution is 2.47. The van der Waals surface area contributed by atoms with Crippen molar-refractivity contribution in [1.29, 1.82) is 0 Å². The van der Waals surface area contributed by atoms with E-state index < -0.39 is 29.7 Å². The van der Waals surface area contributed by atoms with Gasteiger partial charge in [-0.05, 0) is 74.3 Å². The molecule has 0 unspecified atom stereocenters. The van der Waals surface area contributed by atoms with Crippen molar-refractivity contribution in [3.63, 3.8) is 0 Å². The molecule has 0 heterocycles. The molecule has 1 aromatic carbocycles. The predicted molar refractivity (Wildman–Crippen MR) is 112 cm³/mol. The van der Waals surface area contributed by atoms with Crippen molar-refractivity contribution < 1.29 is 23.1 Å². The number of hydrogen-bond donors (Lipinski definition) is 1. The summed E-state index contributed by atoms with van der Waals surface area (Å²) in [6.45, 7) is 3.02. The van der Waals surface area contributed by atoms with E-state index in [0.717, 1.165) is 24.7 Å². The Labute approximate surface area is 176 Å². The summed E-state index contributed by atoms with van der Waals surface area (Å²) in [6, 6.07) is 7.29. The highest BCUT2D eigenvalue weighted by atomic mass is 19.4. The molecule has 3 rings (SSSR count). The molecule has 0 atom stereocenters. The van der Waals surface area contributed by atoms with Gasteiger partial charge in [0.25, 0.3) is 0 Å². The maximum Gasteiger partial charge on any atom is 0.416 e. The Morgan fingerprint density at radius 1 is 1.03 bits per heavy atom. The smallest absolute Gasteiger partial charge is 0.416 e. The summed E-state index contributed by atoms with van der Waals surface area (Å²) in [7, 11) is 0. The molecule has 0 aliphatic heterocycles. The number of benzene rings is 1. The van der Waals surface area contributed by atoms with E-state index in [0.29, 0.717) is 11.5 Å². The van der Waals surface area contributed by atoms with Crippen molar-refractivity contribution in [3.05, 3.63) is 58.4 Å². The van der Waals surface area contributed by atoms with Crippen molar-refractivity contribution >= 4 is 5.78 Å². The van der Waals surface area contributed by atoms with Crippen LogP contribution in [-0.2, 0) is 11.2 Å². The van der Waals surface area contributed by atoms with Crippen LogP contribution in [0.3, 0.4) is 0 Å². The van der Waals surface area contributed by atoms with Gasteiger partial charge in [0, 0.05) is 12.8 Å². The van der Waals surface area contributed by atoms with Crippen molar-refractivity contribution in [2.45, 2.75) is 77.3 Å². The standard InChI is InChI=1S/C25H31F3O2/c1-3-21(23(29)4-2)24(30)22(25(26,27)28)15-16-5-7-17(8-6-16)18-9-11-19(12-10-18)20-13-14-20/h3,5-8,18-20,30H,4,9-15H2,1-2H3/b21-3-,24-22-. The number of rotatable bonds is 7. The molecule has 2 nitrogen and oxygen atoms in total. The molecule has 0 aromatic heterocycles. The molecular weight excluding hydrogens is 389 g/mol. The number of carbonyl (C=O) groups is 1. The van der Waals surface area contributed by atoms with E-state index in [4.69, 9.17) is 0 Å². The number of halogens is 3. The summed E-state index contributed by atoms with van der Waals surface area (Å²) < 4.78 is 40.9. The minimum absolute atomic E-state index is 0.0343. The van der Waals surface area contributed by atoms with Crippen molar-refractivity contribution in [2.75, 3.05) is 0 Å². The van der Waals surface area contributed by atoms with Gasteiger partial charge in [0.2, 0.25) is 0 Å². The highest BCUT2D eigenvalue weighted by molar-refractivity contribution is 5.98. The fourth-order valence-electron chi connectivity index (χ4n) is 4.70. The van der Waals surface area contributed by atoms with E-state index in [1.807, 2.05) is 12.1 Å². The van der Waals surface area contributed by atoms with Gasteiger partial charge in [0.15, 0.2) is 5.78 Å². The minimum Gasteiger partial charge on any atom is -0.507 e. The molecule has 2 aliphatic rings. The van der Waals surface area contributed by atoms with Crippen LogP contribution < -0.4 is 0 Å². The lowest BCUT2D eigenvalue weighted by molar-refractivity contribution is -0.115. The average molecular weight is 421 g/mol. The molecule has 0 bridgehead atoms. The molecule has 0 amide bonds. The zero-order chi connectivity index (χ0) is 21.9. The summed E-state index contributed by atoms with van der Waals surface area (Å²) in [5.74, 6) is 0.829. The SMILES string of the molecule is C/C=C(C(=O)CC)\C(O)=C(/Cc1ccc(C2CCC(C3CC3)CC2)cc1)C(F)(F)F. The lowest BCUT2D eigenvalue weighted by Crippen LogP contribution is -2.19. The third-order valence-corrected chi connectivity index (χ3v) is 6.69. The molecule has 0 radical (unpaired) electrons. The van der Waals surface area contributed by atoms with Gasteiger partial charge in [-0.1, -0.05) is 37.3 Å². The zero-order valence-electron chi connectivity index (χ0n) is 17.8. The van der Waals surface area contributed by atoms with Gasteiger partial charge in [-0.25, -0.2) is 0 Å². The second kappa shape index (κ2) is 9.40. The first kappa shape index (κ1) is 22.6. The molecule has 0 saturated heterocycles. The molecular formula is C25H31F3O2. The summed E-state index contributed by atoms with van der Waals surface area (Å²) in [6.07, 6.45) is 3.67. The summed E-state index contributed by atoms with van der Waals surface area (Å²) in [5, 5.41) is 10.3. The van der Waals surface area contributed by atoms with Crippen molar-refractivity contribution in [3.8, 4) is 0 Å². The normalized spacial score (nSPS) is 23.8. The number of alkyl halides is 3. The van der Waals surface area contributed by atoms with E-state index in [1.165, 1.54) is 44.2 Å². The van der Waals surface area contributed by atoms with Crippen LogP contribution in [0.25, 0.3) is 0 Å². The largest absolute Gasteiger partial charge is 0.507 e. The maximum absolute atomic E-state index is 13.6. The Morgan fingerprint density at radius 3 is 2.00 bits per heavy atom. The fourth-order valence-corrected chi connectivity index (χ4v) is 4.70. The van der Waals surface area contributed by atoms with Crippen LogP contribution in [0.5, 0.6) is 0 Å². The van der Waals surface area contributed by atoms with Crippen LogP contribution >= 0.6 is 0 Å². The number of Topliss-reactive ketones (excluding diaryl/α,β-unsaturated/α-hetero) is 1. The Kier molecular flexibility index (Phi) is 7.10. The first-order valence-electron chi connectivity index (χ1n) is 11.0. The van der Waals surface area contributed by atoms with Crippen LogP contribution in [0.2, 0.25) is 0 Å². The van der Waals surface area contributed by atoms with Crippen LogP contribution in [0.4, 0.5) is 13.2 Å². The Bertz CT molecular complexity index is 806. The molecule has 2 saturated carbocycles. The Balaban J connectivity index is 1.74. The molecule has 2 aliphatic carbocycles. The number of ketones is 1. The monoisotopic (exact) mass is 420 g/mol. The Hall–Kier alpha value is -2.04. The van der Waals surface area contributed by atoms with E-state index in [9.17, 15) is 23.1 Å². The first-order valence-corrected chi connectivity index (χ1v) is 11.0. The Morgan fingerprint density at radius 2 is 1.57 bits per heavy atom. The van der Waals surface area contributed by atoms with Crippen LogP contribution in [0, 0.1) is 11.8 Å². The van der Waals surface area contributed by atoms with Gasteiger partial charge < -0.3 is 5.11 Å². The summed E-state index contributed by atoms with van der Waals surface area (Å²) >= 11 is 0. The van der Waals surface area contributed by atoms with Gasteiger partial charge in [0.1, 0.15) is 5.76 Å². The zero-order valence-corrected chi connectivity index (χ0v) is 17.8.